The van der Waals surface area contributed by atoms with E-state index in [1.807, 2.05) is 0 Å². The molecule has 0 saturated heterocycles. The van der Waals surface area contributed by atoms with Gasteiger partial charge in [-0.1, -0.05) is 0 Å². The summed E-state index contributed by atoms with van der Waals surface area (Å²) in [5.41, 5.74) is 6.63. The molecule has 0 aromatic rings. The fraction of sp³-hybridized carbons (Fsp3) is 0.667. The summed E-state index contributed by atoms with van der Waals surface area (Å²) in [6.45, 7) is 2.94. The molecule has 2 amide bonds. The van der Waals surface area contributed by atoms with Crippen molar-refractivity contribution in [2.24, 2.45) is 5.73 Å². The van der Waals surface area contributed by atoms with Gasteiger partial charge >= 0.3 is 0 Å². The third-order valence-electron chi connectivity index (χ3n) is 1.28. The SMILES string of the molecule is C[C@H](N)C(=O)N[C@@H](C)C(=O)NO. The summed E-state index contributed by atoms with van der Waals surface area (Å²) in [6.07, 6.45) is 0. The highest BCUT2D eigenvalue weighted by atomic mass is 16.5. The van der Waals surface area contributed by atoms with Crippen LogP contribution in [-0.4, -0.2) is 29.1 Å². The Bertz CT molecular complexity index is 181. The Morgan fingerprint density at radius 2 is 1.83 bits per heavy atom. The Morgan fingerprint density at radius 3 is 2.17 bits per heavy atom. The monoisotopic (exact) mass is 175 g/mol. The summed E-state index contributed by atoms with van der Waals surface area (Å²) in [5, 5.41) is 10.5. The van der Waals surface area contributed by atoms with E-state index in [-0.39, 0.29) is 0 Å². The lowest BCUT2D eigenvalue weighted by Gasteiger charge is -2.12. The molecule has 0 radical (unpaired) electrons. The van der Waals surface area contributed by atoms with Crippen LogP contribution in [0.2, 0.25) is 0 Å². The normalized spacial score (nSPS) is 14.7. The van der Waals surface area contributed by atoms with E-state index in [9.17, 15) is 9.59 Å². The molecule has 0 aromatic heterocycles. The molecule has 0 aliphatic rings. The van der Waals surface area contributed by atoms with Crippen LogP contribution in [-0.2, 0) is 9.59 Å². The molecule has 0 heterocycles. The second kappa shape index (κ2) is 4.68. The van der Waals surface area contributed by atoms with Crippen molar-refractivity contribution in [3.8, 4) is 0 Å². The van der Waals surface area contributed by atoms with Crippen molar-refractivity contribution in [3.05, 3.63) is 0 Å². The summed E-state index contributed by atoms with van der Waals surface area (Å²) in [7, 11) is 0. The van der Waals surface area contributed by atoms with E-state index in [0.717, 1.165) is 0 Å². The smallest absolute Gasteiger partial charge is 0.265 e. The number of hydrogen-bond acceptors (Lipinski definition) is 4. The number of hydrogen-bond donors (Lipinski definition) is 4. The van der Waals surface area contributed by atoms with Gasteiger partial charge in [-0.25, -0.2) is 5.48 Å². The molecule has 6 heteroatoms. The van der Waals surface area contributed by atoms with Crippen LogP contribution >= 0.6 is 0 Å². The molecule has 6 nitrogen and oxygen atoms in total. The lowest BCUT2D eigenvalue weighted by atomic mass is 10.2. The van der Waals surface area contributed by atoms with Gasteiger partial charge in [0, 0.05) is 0 Å². The van der Waals surface area contributed by atoms with Crippen LogP contribution in [0.1, 0.15) is 13.8 Å². The van der Waals surface area contributed by atoms with Crippen molar-refractivity contribution in [1.29, 1.82) is 0 Å². The average Bonchev–Trinajstić information content (AvgIpc) is 2.02. The standard InChI is InChI=1S/C6H13N3O3/c1-3(7)5(10)8-4(2)6(11)9-12/h3-4,12H,7H2,1-2H3,(H,8,10)(H,9,11)/t3-,4-/m0/s1. The molecule has 12 heavy (non-hydrogen) atoms. The van der Waals surface area contributed by atoms with Gasteiger partial charge in [0.05, 0.1) is 6.04 Å². The summed E-state index contributed by atoms with van der Waals surface area (Å²) < 4.78 is 0. The molecule has 0 unspecified atom stereocenters. The largest absolute Gasteiger partial charge is 0.343 e. The van der Waals surface area contributed by atoms with Crippen molar-refractivity contribution >= 4 is 11.8 Å². The van der Waals surface area contributed by atoms with Crippen LogP contribution in [0.4, 0.5) is 0 Å². The molecule has 0 spiro atoms. The van der Waals surface area contributed by atoms with Crippen molar-refractivity contribution < 1.29 is 14.8 Å². The van der Waals surface area contributed by atoms with Gasteiger partial charge in [0.25, 0.3) is 5.91 Å². The summed E-state index contributed by atoms with van der Waals surface area (Å²) in [4.78, 5) is 21.5. The Morgan fingerprint density at radius 1 is 1.33 bits per heavy atom. The van der Waals surface area contributed by atoms with Gasteiger partial charge in [-0.15, -0.1) is 0 Å². The molecular formula is C6H13N3O3. The maximum absolute atomic E-state index is 10.9. The van der Waals surface area contributed by atoms with Crippen LogP contribution in [0.25, 0.3) is 0 Å². The molecule has 0 fully saturated rings. The molecule has 0 aliphatic heterocycles. The Labute approximate surface area is 70.1 Å². The third kappa shape index (κ3) is 3.31. The van der Waals surface area contributed by atoms with Crippen LogP contribution in [0.3, 0.4) is 0 Å². The van der Waals surface area contributed by atoms with Gasteiger partial charge in [0.2, 0.25) is 5.91 Å². The number of rotatable bonds is 3. The predicted molar refractivity (Wildman–Crippen MR) is 41.2 cm³/mol. The molecule has 5 N–H and O–H groups in total. The van der Waals surface area contributed by atoms with Gasteiger partial charge < -0.3 is 11.1 Å². The maximum Gasteiger partial charge on any atom is 0.265 e. The van der Waals surface area contributed by atoms with Crippen LogP contribution in [0, 0.1) is 0 Å². The number of nitrogens with one attached hydrogen (secondary N) is 2. The van der Waals surface area contributed by atoms with Crippen LogP contribution in [0.5, 0.6) is 0 Å². The molecule has 0 rings (SSSR count). The van der Waals surface area contributed by atoms with E-state index in [2.05, 4.69) is 5.32 Å². The van der Waals surface area contributed by atoms with Crippen LogP contribution < -0.4 is 16.5 Å². The molecule has 2 atom stereocenters. The van der Waals surface area contributed by atoms with Gasteiger partial charge in [-0.3, -0.25) is 14.8 Å². The van der Waals surface area contributed by atoms with Crippen molar-refractivity contribution in [1.82, 2.24) is 10.8 Å². The Hall–Kier alpha value is -1.14. The minimum atomic E-state index is -0.784. The van der Waals surface area contributed by atoms with Gasteiger partial charge in [0.15, 0.2) is 0 Å². The zero-order valence-electron chi connectivity index (χ0n) is 7.00. The fourth-order valence-corrected chi connectivity index (χ4v) is 0.507. The molecule has 0 aliphatic carbocycles. The first-order chi connectivity index (χ1) is 5.49. The summed E-state index contributed by atoms with van der Waals surface area (Å²) in [6, 6.07) is -1.45. The van der Waals surface area contributed by atoms with E-state index < -0.39 is 23.9 Å². The molecule has 0 aromatic carbocycles. The topological polar surface area (TPSA) is 104 Å². The third-order valence-corrected chi connectivity index (χ3v) is 1.28. The van der Waals surface area contributed by atoms with E-state index in [1.54, 1.807) is 0 Å². The number of nitrogens with two attached hydrogens (primary N) is 1. The molecule has 0 saturated carbocycles. The van der Waals surface area contributed by atoms with E-state index >= 15 is 0 Å². The Balaban J connectivity index is 3.92. The number of carbonyl (C=O) groups excluding carboxylic acids is 2. The van der Waals surface area contributed by atoms with Crippen LogP contribution in [0.15, 0.2) is 0 Å². The highest BCUT2D eigenvalue weighted by molar-refractivity contribution is 5.88. The summed E-state index contributed by atoms with van der Waals surface area (Å²) in [5.74, 6) is -1.12. The van der Waals surface area contributed by atoms with Crippen molar-refractivity contribution in [2.75, 3.05) is 0 Å². The van der Waals surface area contributed by atoms with E-state index in [0.29, 0.717) is 0 Å². The first-order valence-corrected chi connectivity index (χ1v) is 3.49. The minimum absolute atomic E-state index is 0.439. The quantitative estimate of drug-likeness (QED) is 0.304. The van der Waals surface area contributed by atoms with Gasteiger partial charge in [-0.2, -0.15) is 0 Å². The summed E-state index contributed by atoms with van der Waals surface area (Å²) >= 11 is 0. The van der Waals surface area contributed by atoms with E-state index in [4.69, 9.17) is 10.9 Å². The highest BCUT2D eigenvalue weighted by Crippen LogP contribution is 1.83. The number of amides is 2. The second-order valence-electron chi connectivity index (χ2n) is 2.50. The average molecular weight is 175 g/mol. The first-order valence-electron chi connectivity index (χ1n) is 3.49. The molecule has 0 bridgehead atoms. The maximum atomic E-state index is 10.9. The minimum Gasteiger partial charge on any atom is -0.343 e. The molecular weight excluding hydrogens is 162 g/mol. The zero-order valence-corrected chi connectivity index (χ0v) is 7.00. The molecule has 70 valence electrons. The van der Waals surface area contributed by atoms with Gasteiger partial charge in [0.1, 0.15) is 6.04 Å². The zero-order chi connectivity index (χ0) is 9.72. The van der Waals surface area contributed by atoms with Crippen molar-refractivity contribution in [2.45, 2.75) is 25.9 Å². The van der Waals surface area contributed by atoms with E-state index in [1.165, 1.54) is 19.3 Å². The fourth-order valence-electron chi connectivity index (χ4n) is 0.507. The second-order valence-corrected chi connectivity index (χ2v) is 2.50. The number of carbonyl (C=O) groups is 2. The first kappa shape index (κ1) is 10.9. The van der Waals surface area contributed by atoms with Gasteiger partial charge in [-0.05, 0) is 13.8 Å². The predicted octanol–water partition coefficient (Wildman–Crippen LogP) is -1.66. The lowest BCUT2D eigenvalue weighted by Crippen LogP contribution is -2.48. The highest BCUT2D eigenvalue weighted by Gasteiger charge is 2.16. The number of hydroxylamine groups is 1. The van der Waals surface area contributed by atoms with Crippen molar-refractivity contribution in [3.63, 3.8) is 0 Å². The lowest BCUT2D eigenvalue weighted by molar-refractivity contribution is -0.134. The Kier molecular flexibility index (Phi) is 4.24.